The largest absolute Gasteiger partial charge is 0.479 e. The first kappa shape index (κ1) is 23.9. The number of methoxy groups -OCH3 is 1. The zero-order valence-electron chi connectivity index (χ0n) is 20.4. The molecule has 37 heavy (non-hydrogen) atoms. The molecule has 196 valence electrons. The molecule has 0 radical (unpaired) electrons. The van der Waals surface area contributed by atoms with Crippen molar-refractivity contribution in [2.75, 3.05) is 38.7 Å². The van der Waals surface area contributed by atoms with Gasteiger partial charge in [0, 0.05) is 24.8 Å². The number of piperidine rings is 1. The second-order valence-corrected chi connectivity index (χ2v) is 9.52. The molecule has 10 nitrogen and oxygen atoms in total. The van der Waals surface area contributed by atoms with Gasteiger partial charge in [0.1, 0.15) is 23.2 Å². The molecule has 2 aliphatic rings. The molecule has 2 fully saturated rings. The standard InChI is InChI=1S/C24H27F3N8O2/c1-13(22(26)27)35-20-9-14(3-4-19(20)30-32-35)16-5-8-34-21(16)23(36-2)29-24(31-34)28-18-6-7-33(10-17(18)25)15-11-37-12-15/h3-5,8-9,13,15,17-18,22H,6-7,10-12H2,1-2H3,(H,28,31)/t13-,17-,18-/m0/s1. The third kappa shape index (κ3) is 4.25. The first-order chi connectivity index (χ1) is 17.9. The Balaban J connectivity index is 1.29. The van der Waals surface area contributed by atoms with Crippen LogP contribution >= 0.6 is 0 Å². The fraction of sp³-hybridized carbons (Fsp3) is 0.500. The van der Waals surface area contributed by atoms with Gasteiger partial charge in [-0.1, -0.05) is 11.3 Å². The summed E-state index contributed by atoms with van der Waals surface area (Å²) < 4.78 is 55.3. The van der Waals surface area contributed by atoms with Gasteiger partial charge in [-0.25, -0.2) is 22.4 Å². The molecule has 5 heterocycles. The van der Waals surface area contributed by atoms with E-state index in [1.165, 1.54) is 18.7 Å². The van der Waals surface area contributed by atoms with Crippen LogP contribution in [0.3, 0.4) is 0 Å². The summed E-state index contributed by atoms with van der Waals surface area (Å²) in [7, 11) is 1.51. The summed E-state index contributed by atoms with van der Waals surface area (Å²) in [5, 5.41) is 15.6. The van der Waals surface area contributed by atoms with Crippen molar-refractivity contribution < 1.29 is 22.6 Å². The number of benzene rings is 1. The number of hydrogen-bond donors (Lipinski definition) is 1. The molecule has 2 saturated heterocycles. The molecular weight excluding hydrogens is 489 g/mol. The fourth-order valence-corrected chi connectivity index (χ4v) is 4.96. The van der Waals surface area contributed by atoms with Crippen LogP contribution in [0.4, 0.5) is 19.1 Å². The lowest BCUT2D eigenvalue weighted by atomic mass is 10.0. The summed E-state index contributed by atoms with van der Waals surface area (Å²) in [4.78, 5) is 6.65. The molecule has 1 aromatic carbocycles. The predicted molar refractivity (Wildman–Crippen MR) is 130 cm³/mol. The fourth-order valence-electron chi connectivity index (χ4n) is 4.96. The van der Waals surface area contributed by atoms with Crippen molar-refractivity contribution in [2.24, 2.45) is 0 Å². The Morgan fingerprint density at radius 1 is 1.22 bits per heavy atom. The highest BCUT2D eigenvalue weighted by Crippen LogP contribution is 2.34. The highest BCUT2D eigenvalue weighted by molar-refractivity contribution is 5.89. The lowest BCUT2D eigenvalue weighted by Gasteiger charge is -2.42. The summed E-state index contributed by atoms with van der Waals surface area (Å²) in [6, 6.07) is 5.96. The summed E-state index contributed by atoms with van der Waals surface area (Å²) in [6.45, 7) is 3.84. The average Bonchev–Trinajstić information content (AvgIpc) is 3.47. The molecule has 2 aliphatic heterocycles. The molecule has 0 bridgehead atoms. The summed E-state index contributed by atoms with van der Waals surface area (Å²) in [5.74, 6) is 0.577. The zero-order valence-corrected chi connectivity index (χ0v) is 20.4. The molecule has 0 spiro atoms. The minimum Gasteiger partial charge on any atom is -0.479 e. The molecule has 13 heteroatoms. The van der Waals surface area contributed by atoms with Crippen molar-refractivity contribution >= 4 is 22.5 Å². The lowest BCUT2D eigenvalue weighted by molar-refractivity contribution is -0.0794. The summed E-state index contributed by atoms with van der Waals surface area (Å²) in [6.07, 6.45) is -1.27. The number of nitrogens with one attached hydrogen (secondary N) is 1. The molecule has 0 saturated carbocycles. The molecule has 4 aromatic rings. The molecule has 1 N–H and O–H groups in total. The SMILES string of the molecule is COc1nc(N[C@H]2CCN(C3COC3)C[C@@H]2F)nn2ccc(-c3ccc4nnn([C@@H](C)C(F)F)c4c3)c12. The smallest absolute Gasteiger partial charge is 0.260 e. The van der Waals surface area contributed by atoms with E-state index < -0.39 is 24.7 Å². The Morgan fingerprint density at radius 3 is 2.76 bits per heavy atom. The van der Waals surface area contributed by atoms with Crippen LogP contribution in [0.1, 0.15) is 19.4 Å². The molecule has 3 atom stereocenters. The van der Waals surface area contributed by atoms with Gasteiger partial charge in [-0.2, -0.15) is 4.98 Å². The van der Waals surface area contributed by atoms with Crippen molar-refractivity contribution in [3.63, 3.8) is 0 Å². The predicted octanol–water partition coefficient (Wildman–Crippen LogP) is 3.20. The van der Waals surface area contributed by atoms with Crippen molar-refractivity contribution in [2.45, 2.75) is 44.1 Å². The quantitative estimate of drug-likeness (QED) is 0.400. The highest BCUT2D eigenvalue weighted by Gasteiger charge is 2.35. The van der Waals surface area contributed by atoms with Crippen LogP contribution in [0.5, 0.6) is 5.88 Å². The van der Waals surface area contributed by atoms with Crippen molar-refractivity contribution in [1.82, 2.24) is 34.5 Å². The van der Waals surface area contributed by atoms with E-state index in [1.54, 1.807) is 22.8 Å². The highest BCUT2D eigenvalue weighted by atomic mass is 19.3. The minimum atomic E-state index is -2.58. The van der Waals surface area contributed by atoms with Crippen LogP contribution in [-0.2, 0) is 4.74 Å². The Morgan fingerprint density at radius 2 is 2.05 bits per heavy atom. The molecule has 6 rings (SSSR count). The van der Waals surface area contributed by atoms with Gasteiger partial charge in [-0.15, -0.1) is 10.2 Å². The van der Waals surface area contributed by atoms with Crippen LogP contribution in [-0.4, -0.2) is 92.6 Å². The Hall–Kier alpha value is -3.45. The van der Waals surface area contributed by atoms with Crippen LogP contribution in [0.2, 0.25) is 0 Å². The number of aromatic nitrogens is 6. The lowest BCUT2D eigenvalue weighted by Crippen LogP contribution is -2.57. The zero-order chi connectivity index (χ0) is 25.7. The van der Waals surface area contributed by atoms with Gasteiger partial charge in [-0.05, 0) is 37.1 Å². The first-order valence-corrected chi connectivity index (χ1v) is 12.2. The maximum Gasteiger partial charge on any atom is 0.260 e. The van der Waals surface area contributed by atoms with E-state index in [1.807, 2.05) is 12.1 Å². The Bertz CT molecular complexity index is 1420. The number of anilines is 1. The molecule has 0 unspecified atom stereocenters. The van der Waals surface area contributed by atoms with Gasteiger partial charge < -0.3 is 14.8 Å². The van der Waals surface area contributed by atoms with Gasteiger partial charge in [0.2, 0.25) is 11.8 Å². The number of alkyl halides is 3. The van der Waals surface area contributed by atoms with E-state index in [-0.39, 0.29) is 5.95 Å². The first-order valence-electron chi connectivity index (χ1n) is 12.2. The second kappa shape index (κ2) is 9.45. The van der Waals surface area contributed by atoms with Crippen LogP contribution in [0.15, 0.2) is 30.5 Å². The number of halogens is 3. The molecule has 0 aliphatic carbocycles. The third-order valence-corrected chi connectivity index (χ3v) is 7.23. The minimum absolute atomic E-state index is 0.267. The molecule has 3 aromatic heterocycles. The Kier molecular flexibility index (Phi) is 6.11. The normalized spacial score (nSPS) is 22.0. The van der Waals surface area contributed by atoms with Gasteiger partial charge in [0.25, 0.3) is 6.43 Å². The van der Waals surface area contributed by atoms with Crippen molar-refractivity contribution in [1.29, 1.82) is 0 Å². The number of ether oxygens (including phenoxy) is 2. The number of hydrogen-bond acceptors (Lipinski definition) is 8. The maximum atomic E-state index is 15.0. The number of fused-ring (bicyclic) bond motifs is 2. The third-order valence-electron chi connectivity index (χ3n) is 7.23. The van der Waals surface area contributed by atoms with Gasteiger partial charge >= 0.3 is 0 Å². The number of rotatable bonds is 7. The van der Waals surface area contributed by atoms with Crippen LogP contribution < -0.4 is 10.1 Å². The van der Waals surface area contributed by atoms with Gasteiger partial charge in [0.05, 0.1) is 37.9 Å². The average molecular weight is 517 g/mol. The van der Waals surface area contributed by atoms with E-state index >= 15 is 0 Å². The maximum absolute atomic E-state index is 15.0. The van der Waals surface area contributed by atoms with Crippen molar-refractivity contribution in [3.8, 4) is 17.0 Å². The van der Waals surface area contributed by atoms with Crippen LogP contribution in [0.25, 0.3) is 27.7 Å². The van der Waals surface area contributed by atoms with Gasteiger partial charge in [0.15, 0.2) is 0 Å². The summed E-state index contributed by atoms with van der Waals surface area (Å²) >= 11 is 0. The van der Waals surface area contributed by atoms with Gasteiger partial charge in [-0.3, -0.25) is 4.90 Å². The van der Waals surface area contributed by atoms with E-state index in [0.29, 0.717) is 54.7 Å². The van der Waals surface area contributed by atoms with Crippen LogP contribution in [0, 0.1) is 0 Å². The van der Waals surface area contributed by atoms with E-state index in [0.717, 1.165) is 17.7 Å². The van der Waals surface area contributed by atoms with E-state index in [2.05, 4.69) is 30.6 Å². The monoisotopic (exact) mass is 516 g/mol. The topological polar surface area (TPSA) is 94.6 Å². The number of likely N-dealkylation sites (tertiary alicyclic amines) is 1. The van der Waals surface area contributed by atoms with E-state index in [4.69, 9.17) is 9.47 Å². The number of nitrogens with zero attached hydrogens (tertiary/aromatic N) is 7. The van der Waals surface area contributed by atoms with E-state index in [9.17, 15) is 13.2 Å². The second-order valence-electron chi connectivity index (χ2n) is 9.52. The molecule has 0 amide bonds. The summed E-state index contributed by atoms with van der Waals surface area (Å²) in [5.41, 5.74) is 3.12. The molecular formula is C24H27F3N8O2. The van der Waals surface area contributed by atoms with Crippen molar-refractivity contribution in [3.05, 3.63) is 30.5 Å². The Labute approximate surface area is 210 Å².